The van der Waals surface area contributed by atoms with Crippen molar-refractivity contribution in [3.63, 3.8) is 0 Å². The molecule has 2 rings (SSSR count). The van der Waals surface area contributed by atoms with Gasteiger partial charge in [-0.05, 0) is 30.4 Å². The number of aromatic nitrogens is 1. The largest absolute Gasteiger partial charge is 0.356 e. The third-order valence-corrected chi connectivity index (χ3v) is 4.38. The Morgan fingerprint density at radius 2 is 2.30 bits per heavy atom. The van der Waals surface area contributed by atoms with Crippen LogP contribution in [0.25, 0.3) is 0 Å². The first-order valence-corrected chi connectivity index (χ1v) is 8.10. The van der Waals surface area contributed by atoms with Gasteiger partial charge in [-0.3, -0.25) is 0 Å². The predicted octanol–water partition coefficient (Wildman–Crippen LogP) is 3.86. The Balaban J connectivity index is 2.09. The molecule has 3 nitrogen and oxygen atoms in total. The van der Waals surface area contributed by atoms with Crippen LogP contribution in [0.2, 0.25) is 5.02 Å². The van der Waals surface area contributed by atoms with Gasteiger partial charge in [0.1, 0.15) is 5.82 Å². The van der Waals surface area contributed by atoms with Gasteiger partial charge in [0.25, 0.3) is 0 Å². The standard InChI is InChI=1S/C16H26ClN3/c1-4-13-6-5-7-20(11-13)16-8-14(9-18-12(2)3)15(17)10-19-16/h8,10,12-13,18H,4-7,9,11H2,1-3H3. The summed E-state index contributed by atoms with van der Waals surface area (Å²) in [5.41, 5.74) is 1.14. The molecule has 0 aromatic carbocycles. The highest BCUT2D eigenvalue weighted by Gasteiger charge is 2.20. The van der Waals surface area contributed by atoms with Crippen molar-refractivity contribution in [1.82, 2.24) is 10.3 Å². The number of pyridine rings is 1. The summed E-state index contributed by atoms with van der Waals surface area (Å²) in [5, 5.41) is 4.18. The van der Waals surface area contributed by atoms with Gasteiger partial charge >= 0.3 is 0 Å². The fourth-order valence-electron chi connectivity index (χ4n) is 2.70. The van der Waals surface area contributed by atoms with E-state index in [-0.39, 0.29) is 0 Å². The van der Waals surface area contributed by atoms with E-state index in [9.17, 15) is 0 Å². The second-order valence-corrected chi connectivity index (χ2v) is 6.44. The zero-order valence-electron chi connectivity index (χ0n) is 12.8. The summed E-state index contributed by atoms with van der Waals surface area (Å²) in [7, 11) is 0. The van der Waals surface area contributed by atoms with Crippen LogP contribution in [-0.4, -0.2) is 24.1 Å². The molecule has 20 heavy (non-hydrogen) atoms. The van der Waals surface area contributed by atoms with Crippen LogP contribution in [0.1, 0.15) is 45.6 Å². The third kappa shape index (κ3) is 4.10. The van der Waals surface area contributed by atoms with Crippen molar-refractivity contribution in [1.29, 1.82) is 0 Å². The van der Waals surface area contributed by atoms with E-state index in [1.165, 1.54) is 19.3 Å². The molecule has 1 aliphatic heterocycles. The number of halogens is 1. The fourth-order valence-corrected chi connectivity index (χ4v) is 2.87. The van der Waals surface area contributed by atoms with Crippen molar-refractivity contribution >= 4 is 17.4 Å². The van der Waals surface area contributed by atoms with Crippen molar-refractivity contribution in [2.24, 2.45) is 5.92 Å². The molecule has 1 aromatic rings. The first-order valence-electron chi connectivity index (χ1n) is 7.73. The molecule has 1 atom stereocenters. The van der Waals surface area contributed by atoms with Gasteiger partial charge < -0.3 is 10.2 Å². The minimum absolute atomic E-state index is 0.460. The summed E-state index contributed by atoms with van der Waals surface area (Å²) in [5.74, 6) is 1.88. The molecular formula is C16H26ClN3. The lowest BCUT2D eigenvalue weighted by atomic mass is 9.95. The Morgan fingerprint density at radius 1 is 1.50 bits per heavy atom. The number of hydrogen-bond acceptors (Lipinski definition) is 3. The van der Waals surface area contributed by atoms with E-state index in [4.69, 9.17) is 11.6 Å². The molecule has 0 aliphatic carbocycles. The van der Waals surface area contributed by atoms with Crippen molar-refractivity contribution in [3.8, 4) is 0 Å². The van der Waals surface area contributed by atoms with E-state index in [0.717, 1.165) is 42.0 Å². The average Bonchev–Trinajstić information content (AvgIpc) is 2.46. The maximum atomic E-state index is 6.25. The zero-order valence-corrected chi connectivity index (χ0v) is 13.6. The average molecular weight is 296 g/mol. The summed E-state index contributed by atoms with van der Waals surface area (Å²) < 4.78 is 0. The van der Waals surface area contributed by atoms with E-state index in [2.05, 4.69) is 42.0 Å². The van der Waals surface area contributed by atoms with E-state index in [1.54, 1.807) is 6.20 Å². The van der Waals surface area contributed by atoms with Crippen LogP contribution in [0.15, 0.2) is 12.3 Å². The van der Waals surface area contributed by atoms with E-state index >= 15 is 0 Å². The summed E-state index contributed by atoms with van der Waals surface area (Å²) in [4.78, 5) is 6.93. The SMILES string of the molecule is CCC1CCCN(c2cc(CNC(C)C)c(Cl)cn2)C1. The van der Waals surface area contributed by atoms with Crippen LogP contribution in [-0.2, 0) is 6.54 Å². The summed E-state index contributed by atoms with van der Waals surface area (Å²) in [6.07, 6.45) is 5.67. The van der Waals surface area contributed by atoms with Crippen molar-refractivity contribution in [3.05, 3.63) is 22.8 Å². The third-order valence-electron chi connectivity index (χ3n) is 4.04. The number of piperidine rings is 1. The molecule has 0 amide bonds. The molecule has 0 saturated carbocycles. The molecule has 112 valence electrons. The molecule has 1 aliphatic rings. The number of nitrogens with zero attached hydrogens (tertiary/aromatic N) is 2. The number of anilines is 1. The summed E-state index contributed by atoms with van der Waals surface area (Å²) >= 11 is 6.25. The minimum atomic E-state index is 0.460. The second-order valence-electron chi connectivity index (χ2n) is 6.03. The summed E-state index contributed by atoms with van der Waals surface area (Å²) in [6, 6.07) is 2.61. The first kappa shape index (κ1) is 15.6. The van der Waals surface area contributed by atoms with Gasteiger partial charge in [-0.1, -0.05) is 38.8 Å². The maximum Gasteiger partial charge on any atom is 0.128 e. The van der Waals surface area contributed by atoms with Crippen LogP contribution in [0.4, 0.5) is 5.82 Å². The highest BCUT2D eigenvalue weighted by Crippen LogP contribution is 2.26. The molecule has 1 N–H and O–H groups in total. The molecule has 1 fully saturated rings. The topological polar surface area (TPSA) is 28.2 Å². The molecule has 2 heterocycles. The minimum Gasteiger partial charge on any atom is -0.356 e. The van der Waals surface area contributed by atoms with Gasteiger partial charge in [0, 0.05) is 31.9 Å². The lowest BCUT2D eigenvalue weighted by molar-refractivity contribution is 0.403. The Labute approximate surface area is 127 Å². The van der Waals surface area contributed by atoms with E-state index < -0.39 is 0 Å². The van der Waals surface area contributed by atoms with Crippen molar-refractivity contribution in [2.45, 2.75) is 52.6 Å². The monoisotopic (exact) mass is 295 g/mol. The molecule has 0 bridgehead atoms. The fraction of sp³-hybridized carbons (Fsp3) is 0.688. The molecule has 0 spiro atoms. The van der Waals surface area contributed by atoms with Crippen LogP contribution in [0, 0.1) is 5.92 Å². The maximum absolute atomic E-state index is 6.25. The lowest BCUT2D eigenvalue weighted by Crippen LogP contribution is -2.35. The molecular weight excluding hydrogens is 270 g/mol. The Hall–Kier alpha value is -0.800. The Bertz CT molecular complexity index is 434. The molecule has 4 heteroatoms. The molecule has 1 aromatic heterocycles. The number of rotatable bonds is 5. The normalized spacial score (nSPS) is 19.6. The van der Waals surface area contributed by atoms with Gasteiger partial charge in [-0.25, -0.2) is 4.98 Å². The van der Waals surface area contributed by atoms with Crippen LogP contribution < -0.4 is 10.2 Å². The van der Waals surface area contributed by atoms with Gasteiger partial charge in [-0.2, -0.15) is 0 Å². The molecule has 1 saturated heterocycles. The number of hydrogen-bond donors (Lipinski definition) is 1. The van der Waals surface area contributed by atoms with Gasteiger partial charge in [0.05, 0.1) is 5.02 Å². The zero-order chi connectivity index (χ0) is 14.5. The highest BCUT2D eigenvalue weighted by molar-refractivity contribution is 6.31. The van der Waals surface area contributed by atoms with E-state index in [1.807, 2.05) is 0 Å². The Kier molecular flexibility index (Phi) is 5.67. The van der Waals surface area contributed by atoms with Crippen molar-refractivity contribution in [2.75, 3.05) is 18.0 Å². The molecule has 0 radical (unpaired) electrons. The quantitative estimate of drug-likeness (QED) is 0.894. The predicted molar refractivity (Wildman–Crippen MR) is 86.5 cm³/mol. The second kappa shape index (κ2) is 7.28. The van der Waals surface area contributed by atoms with Crippen molar-refractivity contribution < 1.29 is 0 Å². The Morgan fingerprint density at radius 3 is 3.00 bits per heavy atom. The highest BCUT2D eigenvalue weighted by atomic mass is 35.5. The van der Waals surface area contributed by atoms with Gasteiger partial charge in [-0.15, -0.1) is 0 Å². The van der Waals surface area contributed by atoms with Crippen LogP contribution in [0.3, 0.4) is 0 Å². The lowest BCUT2D eigenvalue weighted by Gasteiger charge is -2.33. The summed E-state index contributed by atoms with van der Waals surface area (Å²) in [6.45, 7) is 9.61. The van der Waals surface area contributed by atoms with Crippen LogP contribution in [0.5, 0.6) is 0 Å². The van der Waals surface area contributed by atoms with Crippen LogP contribution >= 0.6 is 11.6 Å². The molecule has 1 unspecified atom stereocenters. The first-order chi connectivity index (χ1) is 9.60. The number of nitrogens with one attached hydrogen (secondary N) is 1. The van der Waals surface area contributed by atoms with Gasteiger partial charge in [0.2, 0.25) is 0 Å². The smallest absolute Gasteiger partial charge is 0.128 e. The van der Waals surface area contributed by atoms with E-state index in [0.29, 0.717) is 6.04 Å². The van der Waals surface area contributed by atoms with Gasteiger partial charge in [0.15, 0.2) is 0 Å².